The first kappa shape index (κ1) is 15.8. The molecule has 0 fully saturated rings. The van der Waals surface area contributed by atoms with Crippen LogP contribution in [0.2, 0.25) is 5.15 Å². The van der Waals surface area contributed by atoms with Gasteiger partial charge in [-0.25, -0.2) is 4.98 Å². The van der Waals surface area contributed by atoms with Crippen LogP contribution in [0.25, 0.3) is 5.65 Å². The first-order chi connectivity index (χ1) is 12.1. The zero-order valence-electron chi connectivity index (χ0n) is 13.5. The average molecular weight is 358 g/mol. The van der Waals surface area contributed by atoms with Crippen LogP contribution in [-0.2, 0) is 0 Å². The monoisotopic (exact) mass is 357 g/mol. The molecule has 0 spiro atoms. The van der Waals surface area contributed by atoms with Gasteiger partial charge in [0, 0.05) is 6.20 Å². The molecule has 4 rings (SSSR count). The number of amides is 1. The predicted molar refractivity (Wildman–Crippen MR) is 93.5 cm³/mol. The van der Waals surface area contributed by atoms with E-state index < -0.39 is 0 Å². The van der Waals surface area contributed by atoms with E-state index in [2.05, 4.69) is 10.3 Å². The fourth-order valence-corrected chi connectivity index (χ4v) is 3.11. The minimum Gasteiger partial charge on any atom is -0.486 e. The molecule has 1 N–H and O–H groups in total. The van der Waals surface area contributed by atoms with Crippen LogP contribution in [0.15, 0.2) is 42.6 Å². The van der Waals surface area contributed by atoms with Gasteiger partial charge in [-0.15, -0.1) is 0 Å². The van der Waals surface area contributed by atoms with Gasteiger partial charge in [0.2, 0.25) is 0 Å². The number of hydrogen-bond donors (Lipinski definition) is 1. The summed E-state index contributed by atoms with van der Waals surface area (Å²) in [6.07, 6.45) is 1.76. The molecule has 0 radical (unpaired) electrons. The van der Waals surface area contributed by atoms with Crippen LogP contribution < -0.4 is 14.8 Å². The third-order valence-electron chi connectivity index (χ3n) is 4.12. The van der Waals surface area contributed by atoms with Crippen LogP contribution in [0.3, 0.4) is 0 Å². The van der Waals surface area contributed by atoms with Gasteiger partial charge in [0.05, 0.1) is 6.04 Å². The maximum atomic E-state index is 12.7. The Hall–Kier alpha value is -2.73. The molecule has 0 aliphatic carbocycles. The molecule has 3 heterocycles. The first-order valence-electron chi connectivity index (χ1n) is 7.96. The van der Waals surface area contributed by atoms with Crippen molar-refractivity contribution in [2.75, 3.05) is 13.2 Å². The quantitative estimate of drug-likeness (QED) is 0.781. The van der Waals surface area contributed by atoms with Crippen LogP contribution >= 0.6 is 11.6 Å². The van der Waals surface area contributed by atoms with Gasteiger partial charge in [0.1, 0.15) is 18.9 Å². The second-order valence-electron chi connectivity index (χ2n) is 5.78. The highest BCUT2D eigenvalue weighted by Gasteiger charge is 2.21. The Balaban J connectivity index is 1.59. The van der Waals surface area contributed by atoms with Crippen molar-refractivity contribution < 1.29 is 14.3 Å². The fraction of sp³-hybridized carbons (Fsp3) is 0.222. The number of carbonyl (C=O) groups is 1. The van der Waals surface area contributed by atoms with Crippen molar-refractivity contribution in [3.63, 3.8) is 0 Å². The minimum absolute atomic E-state index is 0.179. The standard InChI is InChI=1S/C18H16ClN3O3/c1-11(12-5-6-13-14(10-12)25-9-8-24-13)20-18(23)16-17(19)21-15-4-2-3-7-22(15)16/h2-7,10-11H,8-9H2,1H3,(H,20,23). The maximum Gasteiger partial charge on any atom is 0.272 e. The highest BCUT2D eigenvalue weighted by Crippen LogP contribution is 2.32. The minimum atomic E-state index is -0.286. The summed E-state index contributed by atoms with van der Waals surface area (Å²) in [4.78, 5) is 16.9. The normalized spacial score (nSPS) is 14.3. The molecule has 1 aliphatic heterocycles. The highest BCUT2D eigenvalue weighted by atomic mass is 35.5. The smallest absolute Gasteiger partial charge is 0.272 e. The number of aromatic nitrogens is 2. The number of ether oxygens (including phenoxy) is 2. The fourth-order valence-electron chi connectivity index (χ4n) is 2.85. The summed E-state index contributed by atoms with van der Waals surface area (Å²) >= 11 is 6.16. The van der Waals surface area contributed by atoms with Crippen molar-refractivity contribution in [2.45, 2.75) is 13.0 Å². The molecule has 1 atom stereocenters. The van der Waals surface area contributed by atoms with E-state index in [4.69, 9.17) is 21.1 Å². The van der Waals surface area contributed by atoms with E-state index in [0.717, 1.165) is 11.3 Å². The van der Waals surface area contributed by atoms with Crippen LogP contribution in [0.1, 0.15) is 29.0 Å². The molecule has 6 nitrogen and oxygen atoms in total. The third-order valence-corrected chi connectivity index (χ3v) is 4.38. The van der Waals surface area contributed by atoms with Gasteiger partial charge in [-0.3, -0.25) is 9.20 Å². The molecule has 0 saturated heterocycles. The molecule has 0 bridgehead atoms. The Morgan fingerprint density at radius 1 is 1.24 bits per heavy atom. The Labute approximate surface area is 149 Å². The lowest BCUT2D eigenvalue weighted by Gasteiger charge is -2.21. The number of halogens is 1. The number of pyridine rings is 1. The van der Waals surface area contributed by atoms with Crippen molar-refractivity contribution in [3.8, 4) is 11.5 Å². The largest absolute Gasteiger partial charge is 0.486 e. The van der Waals surface area contributed by atoms with Gasteiger partial charge < -0.3 is 14.8 Å². The summed E-state index contributed by atoms with van der Waals surface area (Å²) in [7, 11) is 0. The van der Waals surface area contributed by atoms with Gasteiger partial charge >= 0.3 is 0 Å². The summed E-state index contributed by atoms with van der Waals surface area (Å²) in [5.74, 6) is 1.13. The lowest BCUT2D eigenvalue weighted by molar-refractivity contribution is 0.0934. The van der Waals surface area contributed by atoms with Crippen molar-refractivity contribution in [2.24, 2.45) is 0 Å². The molecular formula is C18H16ClN3O3. The lowest BCUT2D eigenvalue weighted by Crippen LogP contribution is -2.28. The van der Waals surface area contributed by atoms with Crippen molar-refractivity contribution in [3.05, 3.63) is 59.0 Å². The van der Waals surface area contributed by atoms with Gasteiger partial charge in [-0.1, -0.05) is 23.7 Å². The van der Waals surface area contributed by atoms with Crippen LogP contribution in [0, 0.1) is 0 Å². The number of rotatable bonds is 3. The Morgan fingerprint density at radius 3 is 2.88 bits per heavy atom. The van der Waals surface area contributed by atoms with Gasteiger partial charge in [-0.2, -0.15) is 0 Å². The molecule has 0 saturated carbocycles. The number of benzene rings is 1. The van der Waals surface area contributed by atoms with Crippen LogP contribution in [0.5, 0.6) is 11.5 Å². The maximum absolute atomic E-state index is 12.7. The Kier molecular flexibility index (Phi) is 3.97. The average Bonchev–Trinajstić information content (AvgIpc) is 2.97. The summed E-state index contributed by atoms with van der Waals surface area (Å²) in [6, 6.07) is 10.9. The van der Waals surface area contributed by atoms with Gasteiger partial charge in [-0.05, 0) is 36.8 Å². The zero-order chi connectivity index (χ0) is 17.4. The molecule has 1 amide bonds. The number of carbonyl (C=O) groups excluding carboxylic acids is 1. The number of fused-ring (bicyclic) bond motifs is 2. The molecule has 1 aromatic carbocycles. The summed E-state index contributed by atoms with van der Waals surface area (Å²) in [5, 5.41) is 3.14. The Bertz CT molecular complexity index is 954. The van der Waals surface area contributed by atoms with E-state index in [0.29, 0.717) is 30.3 Å². The second kappa shape index (κ2) is 6.29. The molecule has 7 heteroatoms. The third kappa shape index (κ3) is 2.89. The second-order valence-corrected chi connectivity index (χ2v) is 6.14. The number of nitrogens with one attached hydrogen (secondary N) is 1. The molecule has 2 aromatic heterocycles. The molecular weight excluding hydrogens is 342 g/mol. The SMILES string of the molecule is CC(NC(=O)c1c(Cl)nc2ccccn12)c1ccc2c(c1)OCCO2. The molecule has 25 heavy (non-hydrogen) atoms. The zero-order valence-corrected chi connectivity index (χ0v) is 14.3. The number of hydrogen-bond acceptors (Lipinski definition) is 4. The van der Waals surface area contributed by atoms with E-state index in [1.54, 1.807) is 16.7 Å². The number of nitrogens with zero attached hydrogens (tertiary/aromatic N) is 2. The highest BCUT2D eigenvalue weighted by molar-refractivity contribution is 6.32. The predicted octanol–water partition coefficient (Wildman–Crippen LogP) is 3.25. The molecule has 1 aliphatic rings. The van der Waals surface area contributed by atoms with E-state index >= 15 is 0 Å². The lowest BCUT2D eigenvalue weighted by atomic mass is 10.1. The van der Waals surface area contributed by atoms with Crippen LogP contribution in [-0.4, -0.2) is 28.5 Å². The molecule has 3 aromatic rings. The van der Waals surface area contributed by atoms with Crippen molar-refractivity contribution >= 4 is 23.2 Å². The van der Waals surface area contributed by atoms with Gasteiger partial charge in [0.15, 0.2) is 22.3 Å². The summed E-state index contributed by atoms with van der Waals surface area (Å²) in [5.41, 5.74) is 1.87. The molecule has 128 valence electrons. The van der Waals surface area contributed by atoms with Crippen molar-refractivity contribution in [1.82, 2.24) is 14.7 Å². The molecule has 1 unspecified atom stereocenters. The van der Waals surface area contributed by atoms with E-state index in [1.807, 2.05) is 37.3 Å². The summed E-state index contributed by atoms with van der Waals surface area (Å²) < 4.78 is 12.8. The first-order valence-corrected chi connectivity index (χ1v) is 8.34. The van der Waals surface area contributed by atoms with E-state index in [1.165, 1.54) is 0 Å². The van der Waals surface area contributed by atoms with E-state index in [-0.39, 0.29) is 17.1 Å². The topological polar surface area (TPSA) is 64.9 Å². The van der Waals surface area contributed by atoms with E-state index in [9.17, 15) is 4.79 Å². The van der Waals surface area contributed by atoms with Gasteiger partial charge in [0.25, 0.3) is 5.91 Å². The number of imidazole rings is 1. The van der Waals surface area contributed by atoms with Crippen molar-refractivity contribution in [1.29, 1.82) is 0 Å². The van der Waals surface area contributed by atoms with Crippen LogP contribution in [0.4, 0.5) is 0 Å². The summed E-state index contributed by atoms with van der Waals surface area (Å²) in [6.45, 7) is 2.97. The Morgan fingerprint density at radius 2 is 2.04 bits per heavy atom.